The van der Waals surface area contributed by atoms with Gasteiger partial charge in [-0.15, -0.1) is 0 Å². The predicted octanol–water partition coefficient (Wildman–Crippen LogP) is 1.32. The normalized spacial score (nSPS) is 10.3. The monoisotopic (exact) mass is 248 g/mol. The van der Waals surface area contributed by atoms with Gasteiger partial charge in [0.25, 0.3) is 5.91 Å². The second-order valence-electron chi connectivity index (χ2n) is 3.79. The number of hydrogen-bond donors (Lipinski definition) is 3. The van der Waals surface area contributed by atoms with Crippen molar-refractivity contribution in [3.63, 3.8) is 0 Å². The Labute approximate surface area is 103 Å². The van der Waals surface area contributed by atoms with Crippen LogP contribution in [-0.4, -0.2) is 21.1 Å². The summed E-state index contributed by atoms with van der Waals surface area (Å²) in [4.78, 5) is 15.7. The van der Waals surface area contributed by atoms with Gasteiger partial charge in [0.2, 0.25) is 5.89 Å². The lowest BCUT2D eigenvalue weighted by Crippen LogP contribution is -2.22. The highest BCUT2D eigenvalue weighted by atomic mass is 16.4. The molecule has 2 aromatic rings. The van der Waals surface area contributed by atoms with E-state index in [1.54, 1.807) is 13.1 Å². The van der Waals surface area contributed by atoms with Gasteiger partial charge in [-0.2, -0.15) is 0 Å². The smallest absolute Gasteiger partial charge is 0.251 e. The van der Waals surface area contributed by atoms with Crippen molar-refractivity contribution in [2.24, 2.45) is 0 Å². The number of benzene rings is 1. The Kier molecular flexibility index (Phi) is 3.18. The first kappa shape index (κ1) is 12.0. The average molecular weight is 248 g/mol. The molecule has 0 bridgehead atoms. The maximum Gasteiger partial charge on any atom is 0.251 e. The Morgan fingerprint density at radius 2 is 2.00 bits per heavy atom. The maximum atomic E-state index is 11.7. The lowest BCUT2D eigenvalue weighted by Gasteiger charge is -2.04. The molecule has 3 N–H and O–H groups in total. The van der Waals surface area contributed by atoms with E-state index in [9.17, 15) is 15.0 Å². The Hall–Kier alpha value is -2.50. The highest BCUT2D eigenvalue weighted by Gasteiger charge is 2.09. The summed E-state index contributed by atoms with van der Waals surface area (Å²) in [7, 11) is 0. The molecule has 0 aliphatic rings. The summed E-state index contributed by atoms with van der Waals surface area (Å²) in [6.07, 6.45) is 1.56. The summed E-state index contributed by atoms with van der Waals surface area (Å²) in [5.74, 6) is 0.274. The molecule has 1 heterocycles. The first-order valence-corrected chi connectivity index (χ1v) is 5.27. The zero-order valence-corrected chi connectivity index (χ0v) is 9.67. The Balaban J connectivity index is 2.03. The van der Waals surface area contributed by atoms with Crippen LogP contribution in [0, 0.1) is 6.92 Å². The van der Waals surface area contributed by atoms with E-state index >= 15 is 0 Å². The summed E-state index contributed by atoms with van der Waals surface area (Å²) >= 11 is 0. The molecule has 1 aromatic carbocycles. The first-order valence-electron chi connectivity index (χ1n) is 5.27. The van der Waals surface area contributed by atoms with Gasteiger partial charge in [0.05, 0.1) is 12.7 Å². The van der Waals surface area contributed by atoms with Crippen LogP contribution in [0.2, 0.25) is 0 Å². The van der Waals surface area contributed by atoms with Crippen molar-refractivity contribution >= 4 is 5.91 Å². The molecule has 0 atom stereocenters. The highest BCUT2D eigenvalue weighted by molar-refractivity contribution is 5.94. The van der Waals surface area contributed by atoms with E-state index in [0.717, 1.165) is 6.07 Å². The molecule has 18 heavy (non-hydrogen) atoms. The fourth-order valence-corrected chi connectivity index (χ4v) is 1.47. The number of aryl methyl sites for hydroxylation is 1. The van der Waals surface area contributed by atoms with E-state index in [1.807, 2.05) is 0 Å². The highest BCUT2D eigenvalue weighted by Crippen LogP contribution is 2.20. The Morgan fingerprint density at radius 3 is 2.56 bits per heavy atom. The van der Waals surface area contributed by atoms with E-state index in [2.05, 4.69) is 10.3 Å². The van der Waals surface area contributed by atoms with Crippen molar-refractivity contribution in [3.05, 3.63) is 41.6 Å². The van der Waals surface area contributed by atoms with Gasteiger partial charge in [0, 0.05) is 11.6 Å². The summed E-state index contributed by atoms with van der Waals surface area (Å²) in [5, 5.41) is 21.1. The van der Waals surface area contributed by atoms with Gasteiger partial charge < -0.3 is 19.9 Å². The van der Waals surface area contributed by atoms with E-state index in [1.165, 1.54) is 12.1 Å². The van der Waals surface area contributed by atoms with E-state index < -0.39 is 5.91 Å². The second kappa shape index (κ2) is 4.79. The molecule has 0 spiro atoms. The molecule has 0 unspecified atom stereocenters. The van der Waals surface area contributed by atoms with Crippen LogP contribution in [0.5, 0.6) is 11.5 Å². The molecule has 0 aliphatic heterocycles. The van der Waals surface area contributed by atoms with Crippen LogP contribution in [0.4, 0.5) is 0 Å². The summed E-state index contributed by atoms with van der Waals surface area (Å²) in [6, 6.07) is 3.67. The first-order chi connectivity index (χ1) is 8.54. The number of phenols is 2. The largest absolute Gasteiger partial charge is 0.508 e. The number of hydrogen-bond acceptors (Lipinski definition) is 5. The zero-order valence-electron chi connectivity index (χ0n) is 9.67. The van der Waals surface area contributed by atoms with Gasteiger partial charge in [-0.05, 0) is 19.1 Å². The van der Waals surface area contributed by atoms with Crippen molar-refractivity contribution in [1.82, 2.24) is 10.3 Å². The number of phenolic OH excluding ortho intramolecular Hbond substituents is 2. The fraction of sp³-hybridized carbons (Fsp3) is 0.167. The molecule has 6 nitrogen and oxygen atoms in total. The van der Waals surface area contributed by atoms with E-state index in [0.29, 0.717) is 11.7 Å². The van der Waals surface area contributed by atoms with E-state index in [-0.39, 0.29) is 23.6 Å². The molecular formula is C12H12N2O4. The summed E-state index contributed by atoms with van der Waals surface area (Å²) < 4.78 is 5.19. The number of nitrogens with zero attached hydrogens (tertiary/aromatic N) is 1. The summed E-state index contributed by atoms with van der Waals surface area (Å²) in [5.41, 5.74) is 0.163. The van der Waals surface area contributed by atoms with Gasteiger partial charge in [0.15, 0.2) is 0 Å². The van der Waals surface area contributed by atoms with Gasteiger partial charge >= 0.3 is 0 Å². The third kappa shape index (κ3) is 2.79. The SMILES string of the molecule is Cc1cnc(CNC(=O)c2cc(O)cc(O)c2)o1. The Morgan fingerprint density at radius 1 is 1.33 bits per heavy atom. The number of carbonyl (C=O) groups excluding carboxylic acids is 1. The average Bonchev–Trinajstić information content (AvgIpc) is 2.70. The van der Waals surface area contributed by atoms with Crippen LogP contribution >= 0.6 is 0 Å². The molecular weight excluding hydrogens is 236 g/mol. The molecule has 1 aromatic heterocycles. The maximum absolute atomic E-state index is 11.7. The lowest BCUT2D eigenvalue weighted by atomic mass is 10.2. The van der Waals surface area contributed by atoms with Crippen molar-refractivity contribution < 1.29 is 19.4 Å². The van der Waals surface area contributed by atoms with Crippen LogP contribution in [0.3, 0.4) is 0 Å². The molecule has 1 amide bonds. The van der Waals surface area contributed by atoms with Gasteiger partial charge in [-0.3, -0.25) is 4.79 Å². The molecule has 0 saturated heterocycles. The van der Waals surface area contributed by atoms with Crippen LogP contribution in [-0.2, 0) is 6.54 Å². The van der Waals surface area contributed by atoms with Crippen LogP contribution < -0.4 is 5.32 Å². The van der Waals surface area contributed by atoms with Crippen molar-refractivity contribution in [3.8, 4) is 11.5 Å². The van der Waals surface area contributed by atoms with Crippen LogP contribution in [0.1, 0.15) is 22.0 Å². The number of oxazole rings is 1. The molecule has 6 heteroatoms. The van der Waals surface area contributed by atoms with Crippen molar-refractivity contribution in [2.45, 2.75) is 13.5 Å². The van der Waals surface area contributed by atoms with Crippen molar-refractivity contribution in [1.29, 1.82) is 0 Å². The lowest BCUT2D eigenvalue weighted by molar-refractivity contribution is 0.0946. The number of nitrogens with one attached hydrogen (secondary N) is 1. The number of amides is 1. The van der Waals surface area contributed by atoms with Crippen molar-refractivity contribution in [2.75, 3.05) is 0 Å². The molecule has 0 aliphatic carbocycles. The third-order valence-corrected chi connectivity index (χ3v) is 2.23. The number of aromatic nitrogens is 1. The van der Waals surface area contributed by atoms with Crippen LogP contribution in [0.15, 0.2) is 28.8 Å². The van der Waals surface area contributed by atoms with Gasteiger partial charge in [-0.25, -0.2) is 4.98 Å². The van der Waals surface area contributed by atoms with Crippen LogP contribution in [0.25, 0.3) is 0 Å². The quantitative estimate of drug-likeness (QED) is 0.761. The molecule has 0 radical (unpaired) electrons. The molecule has 0 saturated carbocycles. The van der Waals surface area contributed by atoms with Gasteiger partial charge in [0.1, 0.15) is 17.3 Å². The molecule has 2 rings (SSSR count). The topological polar surface area (TPSA) is 95.6 Å². The minimum Gasteiger partial charge on any atom is -0.508 e. The standard InChI is InChI=1S/C12H12N2O4/c1-7-5-13-11(18-7)6-14-12(17)8-2-9(15)4-10(16)3-8/h2-5,15-16H,6H2,1H3,(H,14,17). The molecule has 0 fully saturated rings. The van der Waals surface area contributed by atoms with E-state index in [4.69, 9.17) is 4.42 Å². The second-order valence-corrected chi connectivity index (χ2v) is 3.79. The zero-order chi connectivity index (χ0) is 13.1. The summed E-state index contributed by atoms with van der Waals surface area (Å²) in [6.45, 7) is 1.90. The Bertz CT molecular complexity index is 557. The minimum atomic E-state index is -0.433. The minimum absolute atomic E-state index is 0.142. The number of rotatable bonds is 3. The fourth-order valence-electron chi connectivity index (χ4n) is 1.47. The predicted molar refractivity (Wildman–Crippen MR) is 62.2 cm³/mol. The number of carbonyl (C=O) groups is 1. The third-order valence-electron chi connectivity index (χ3n) is 2.23. The van der Waals surface area contributed by atoms with Gasteiger partial charge in [-0.1, -0.05) is 0 Å². The number of aromatic hydroxyl groups is 2. The molecule has 94 valence electrons.